The Morgan fingerprint density at radius 2 is 1.57 bits per heavy atom. The molecule has 35 heavy (non-hydrogen) atoms. The quantitative estimate of drug-likeness (QED) is 0.388. The van der Waals surface area contributed by atoms with E-state index in [0.29, 0.717) is 0 Å². The first-order valence-electron chi connectivity index (χ1n) is 11.4. The molecule has 1 aromatic heterocycles. The van der Waals surface area contributed by atoms with E-state index in [4.69, 9.17) is 4.74 Å². The molecule has 0 aliphatic heterocycles. The number of carboxylic acid groups (broad SMARTS) is 1. The van der Waals surface area contributed by atoms with Gasteiger partial charge in [-0.15, -0.1) is 0 Å². The lowest BCUT2D eigenvalue weighted by atomic mass is 9.98. The van der Waals surface area contributed by atoms with Gasteiger partial charge in [0.2, 0.25) is 0 Å². The van der Waals surface area contributed by atoms with Gasteiger partial charge in [0.05, 0.1) is 0 Å². The molecule has 1 atom stereocenters. The number of nitrogens with one attached hydrogen (secondary N) is 1. The van der Waals surface area contributed by atoms with Crippen molar-refractivity contribution in [2.75, 3.05) is 6.61 Å². The summed E-state index contributed by atoms with van der Waals surface area (Å²) in [6.07, 6.45) is 2.84. The summed E-state index contributed by atoms with van der Waals surface area (Å²) < 4.78 is 5.53. The average molecular weight is 465 g/mol. The number of amides is 1. The topological polar surface area (TPSA) is 88.5 Å². The Morgan fingerprint density at radius 1 is 0.886 bits per heavy atom. The predicted molar refractivity (Wildman–Crippen MR) is 133 cm³/mol. The molecule has 0 saturated heterocycles. The summed E-state index contributed by atoms with van der Waals surface area (Å²) in [5, 5.41) is 12.3. The van der Waals surface area contributed by atoms with Gasteiger partial charge >= 0.3 is 12.1 Å². The average Bonchev–Trinajstić information content (AvgIpc) is 3.21. The molecule has 1 heterocycles. The van der Waals surface area contributed by atoms with Crippen LogP contribution in [0.5, 0.6) is 0 Å². The van der Waals surface area contributed by atoms with Crippen molar-refractivity contribution in [3.63, 3.8) is 0 Å². The molecule has 0 fully saturated rings. The van der Waals surface area contributed by atoms with E-state index in [1.165, 1.54) is 0 Å². The number of hydrogen-bond acceptors (Lipinski definition) is 4. The van der Waals surface area contributed by atoms with Crippen molar-refractivity contribution in [3.8, 4) is 22.3 Å². The minimum atomic E-state index is -1.12. The third-order valence-electron chi connectivity index (χ3n) is 6.30. The van der Waals surface area contributed by atoms with Crippen molar-refractivity contribution in [2.45, 2.75) is 18.4 Å². The molecule has 0 radical (unpaired) electrons. The fraction of sp³-hybridized carbons (Fsp3) is 0.138. The van der Waals surface area contributed by atoms with E-state index in [2.05, 4.69) is 22.4 Å². The van der Waals surface area contributed by atoms with Crippen LogP contribution in [0, 0.1) is 0 Å². The Kier molecular flexibility index (Phi) is 6.26. The normalized spacial score (nSPS) is 12.9. The molecule has 6 nitrogen and oxygen atoms in total. The molecule has 4 aromatic rings. The van der Waals surface area contributed by atoms with Crippen LogP contribution in [-0.2, 0) is 16.0 Å². The highest BCUT2D eigenvalue weighted by molar-refractivity contribution is 5.81. The summed E-state index contributed by atoms with van der Waals surface area (Å²) in [6, 6.07) is 26.4. The first-order valence-corrected chi connectivity index (χ1v) is 11.4. The van der Waals surface area contributed by atoms with Crippen molar-refractivity contribution in [3.05, 3.63) is 114 Å². The maximum Gasteiger partial charge on any atom is 0.407 e. The van der Waals surface area contributed by atoms with E-state index in [-0.39, 0.29) is 18.9 Å². The van der Waals surface area contributed by atoms with Crippen molar-refractivity contribution < 1.29 is 19.4 Å². The van der Waals surface area contributed by atoms with Gasteiger partial charge in [-0.25, -0.2) is 9.59 Å². The summed E-state index contributed by atoms with van der Waals surface area (Å²) >= 11 is 0. The molecule has 1 aliphatic carbocycles. The number of hydrogen-bond donors (Lipinski definition) is 2. The van der Waals surface area contributed by atoms with Gasteiger partial charge in [-0.3, -0.25) is 4.98 Å². The first-order chi connectivity index (χ1) is 17.1. The molecule has 0 unspecified atom stereocenters. The molecule has 5 rings (SSSR count). The third kappa shape index (κ3) is 4.77. The Bertz CT molecular complexity index is 1320. The van der Waals surface area contributed by atoms with Crippen LogP contribution in [0.3, 0.4) is 0 Å². The second-order valence-corrected chi connectivity index (χ2v) is 8.51. The molecule has 3 aromatic carbocycles. The Hall–Kier alpha value is -4.45. The van der Waals surface area contributed by atoms with Gasteiger partial charge in [0.15, 0.2) is 0 Å². The maximum absolute atomic E-state index is 12.6. The standard InChI is InChI=1S/C29H24N2O4/c32-28(33)27(16-19-7-5-8-20(15-19)21-9-6-14-30-17-21)31-29(34)35-18-26-24-12-3-1-10-22(24)23-11-2-4-13-25(23)26/h1-15,17,26-27H,16,18H2,(H,31,34)(H,32,33)/t27-/m1/s1. The molecule has 1 amide bonds. The number of aromatic nitrogens is 1. The van der Waals surface area contributed by atoms with Gasteiger partial charge < -0.3 is 15.2 Å². The molecular formula is C29H24N2O4. The highest BCUT2D eigenvalue weighted by atomic mass is 16.5. The third-order valence-corrected chi connectivity index (χ3v) is 6.30. The number of alkyl carbamates (subject to hydrolysis) is 1. The minimum absolute atomic E-state index is 0.0902. The molecular weight excluding hydrogens is 440 g/mol. The Balaban J connectivity index is 1.26. The van der Waals surface area contributed by atoms with Gasteiger partial charge in [-0.1, -0.05) is 78.9 Å². The predicted octanol–water partition coefficient (Wildman–Crippen LogP) is 5.28. The molecule has 0 saturated carbocycles. The summed E-state index contributed by atoms with van der Waals surface area (Å²) in [5.41, 5.74) is 7.12. The number of carbonyl (C=O) groups is 2. The Morgan fingerprint density at radius 3 is 2.23 bits per heavy atom. The number of fused-ring (bicyclic) bond motifs is 3. The van der Waals surface area contributed by atoms with Crippen molar-refractivity contribution >= 4 is 12.1 Å². The van der Waals surface area contributed by atoms with Crippen LogP contribution in [0.15, 0.2) is 97.3 Å². The van der Waals surface area contributed by atoms with Crippen LogP contribution in [0.25, 0.3) is 22.3 Å². The molecule has 174 valence electrons. The summed E-state index contributed by atoms with van der Waals surface area (Å²) in [4.78, 5) is 28.6. The van der Waals surface area contributed by atoms with Crippen LogP contribution >= 0.6 is 0 Å². The second-order valence-electron chi connectivity index (χ2n) is 8.51. The highest BCUT2D eigenvalue weighted by Crippen LogP contribution is 2.44. The summed E-state index contributed by atoms with van der Waals surface area (Å²) in [5.74, 6) is -1.21. The van der Waals surface area contributed by atoms with E-state index >= 15 is 0 Å². The van der Waals surface area contributed by atoms with Crippen molar-refractivity contribution in [2.24, 2.45) is 0 Å². The molecule has 0 bridgehead atoms. The van der Waals surface area contributed by atoms with Crippen LogP contribution in [0.1, 0.15) is 22.6 Å². The van der Waals surface area contributed by atoms with Crippen molar-refractivity contribution in [1.82, 2.24) is 10.3 Å². The van der Waals surface area contributed by atoms with Crippen molar-refractivity contribution in [1.29, 1.82) is 0 Å². The lowest BCUT2D eigenvalue weighted by Crippen LogP contribution is -2.42. The molecule has 1 aliphatic rings. The number of ether oxygens (including phenoxy) is 1. The van der Waals surface area contributed by atoms with Gasteiger partial charge in [-0.05, 0) is 45.0 Å². The van der Waals surface area contributed by atoms with E-state index < -0.39 is 18.1 Å². The largest absolute Gasteiger partial charge is 0.480 e. The zero-order chi connectivity index (χ0) is 24.2. The van der Waals surface area contributed by atoms with Crippen LogP contribution < -0.4 is 5.32 Å². The number of pyridine rings is 1. The summed E-state index contributed by atoms with van der Waals surface area (Å²) in [7, 11) is 0. The maximum atomic E-state index is 12.6. The fourth-order valence-corrected chi connectivity index (χ4v) is 4.63. The van der Waals surface area contributed by atoms with E-state index in [1.807, 2.05) is 72.8 Å². The number of aliphatic carboxylic acids is 1. The number of rotatable bonds is 7. The van der Waals surface area contributed by atoms with Crippen LogP contribution in [-0.4, -0.2) is 34.8 Å². The van der Waals surface area contributed by atoms with E-state index in [1.54, 1.807) is 12.4 Å². The number of carbonyl (C=O) groups excluding carboxylic acids is 1. The van der Waals surface area contributed by atoms with E-state index in [0.717, 1.165) is 38.9 Å². The number of benzene rings is 3. The van der Waals surface area contributed by atoms with Gasteiger partial charge in [0, 0.05) is 24.7 Å². The monoisotopic (exact) mass is 464 g/mol. The smallest absolute Gasteiger partial charge is 0.407 e. The van der Waals surface area contributed by atoms with Crippen LogP contribution in [0.4, 0.5) is 4.79 Å². The SMILES string of the molecule is O=C(N[C@H](Cc1cccc(-c2cccnc2)c1)C(=O)O)OCC1c2ccccc2-c2ccccc21. The van der Waals surface area contributed by atoms with Crippen LogP contribution in [0.2, 0.25) is 0 Å². The lowest BCUT2D eigenvalue weighted by Gasteiger charge is -2.18. The Labute approximate surface area is 203 Å². The van der Waals surface area contributed by atoms with E-state index in [9.17, 15) is 14.7 Å². The molecule has 6 heteroatoms. The van der Waals surface area contributed by atoms with Gasteiger partial charge in [-0.2, -0.15) is 0 Å². The minimum Gasteiger partial charge on any atom is -0.480 e. The zero-order valence-electron chi connectivity index (χ0n) is 18.9. The first kappa shape index (κ1) is 22.3. The second kappa shape index (κ2) is 9.81. The highest BCUT2D eigenvalue weighted by Gasteiger charge is 2.29. The number of nitrogens with zero attached hydrogens (tertiary/aromatic N) is 1. The van der Waals surface area contributed by atoms with Gasteiger partial charge in [0.1, 0.15) is 12.6 Å². The molecule has 2 N–H and O–H groups in total. The number of carboxylic acids is 1. The summed E-state index contributed by atoms with van der Waals surface area (Å²) in [6.45, 7) is 0.128. The lowest BCUT2D eigenvalue weighted by molar-refractivity contribution is -0.139. The molecule has 0 spiro atoms. The van der Waals surface area contributed by atoms with Gasteiger partial charge in [0.25, 0.3) is 0 Å². The zero-order valence-corrected chi connectivity index (χ0v) is 18.9. The fourth-order valence-electron chi connectivity index (χ4n) is 4.63.